The topological polar surface area (TPSA) is 38.5 Å². The summed E-state index contributed by atoms with van der Waals surface area (Å²) in [6.07, 6.45) is 5.09. The van der Waals surface area contributed by atoms with Crippen molar-refractivity contribution in [2.24, 2.45) is 0 Å². The molecule has 0 aromatic heterocycles. The van der Waals surface area contributed by atoms with Gasteiger partial charge in [-0.3, -0.25) is 0 Å². The van der Waals surface area contributed by atoms with Crippen molar-refractivity contribution in [1.82, 2.24) is 0 Å². The standard InChI is InChI=1S/C14H21BrN2O/c1-17(11-4-3-5-12(9-11)18-2)14-7-6-10(15)8-13(14)16/h6-8,11-12H,3-5,9,16H2,1-2H3. The second-order valence-corrected chi connectivity index (χ2v) is 5.91. The number of benzene rings is 1. The van der Waals surface area contributed by atoms with Gasteiger partial charge in [0.1, 0.15) is 0 Å². The summed E-state index contributed by atoms with van der Waals surface area (Å²) >= 11 is 3.44. The number of nitrogens with two attached hydrogens (primary N) is 1. The highest BCUT2D eigenvalue weighted by molar-refractivity contribution is 9.10. The molecule has 2 atom stereocenters. The van der Waals surface area contributed by atoms with Gasteiger partial charge in [-0.05, 0) is 43.9 Å². The van der Waals surface area contributed by atoms with E-state index in [0.29, 0.717) is 12.1 Å². The fourth-order valence-electron chi connectivity index (χ4n) is 2.73. The minimum Gasteiger partial charge on any atom is -0.397 e. The Balaban J connectivity index is 2.12. The zero-order chi connectivity index (χ0) is 13.1. The van der Waals surface area contributed by atoms with Crippen LogP contribution >= 0.6 is 15.9 Å². The molecular formula is C14H21BrN2O. The van der Waals surface area contributed by atoms with Gasteiger partial charge in [-0.2, -0.15) is 0 Å². The summed E-state index contributed by atoms with van der Waals surface area (Å²) in [7, 11) is 3.93. The number of halogens is 1. The van der Waals surface area contributed by atoms with Crippen molar-refractivity contribution in [2.45, 2.75) is 37.8 Å². The Bertz CT molecular complexity index is 411. The van der Waals surface area contributed by atoms with Gasteiger partial charge < -0.3 is 15.4 Å². The maximum Gasteiger partial charge on any atom is 0.0600 e. The van der Waals surface area contributed by atoms with Crippen LogP contribution in [0.1, 0.15) is 25.7 Å². The summed E-state index contributed by atoms with van der Waals surface area (Å²) in [5.41, 5.74) is 8.03. The Morgan fingerprint density at radius 3 is 2.83 bits per heavy atom. The van der Waals surface area contributed by atoms with Crippen molar-refractivity contribution in [2.75, 3.05) is 24.8 Å². The zero-order valence-corrected chi connectivity index (χ0v) is 12.6. The van der Waals surface area contributed by atoms with Crippen LogP contribution in [-0.4, -0.2) is 26.3 Å². The van der Waals surface area contributed by atoms with Crippen LogP contribution in [0, 0.1) is 0 Å². The van der Waals surface area contributed by atoms with Gasteiger partial charge in [0.15, 0.2) is 0 Å². The molecule has 2 unspecified atom stereocenters. The highest BCUT2D eigenvalue weighted by atomic mass is 79.9. The molecule has 0 spiro atoms. The first-order chi connectivity index (χ1) is 8.61. The summed E-state index contributed by atoms with van der Waals surface area (Å²) in [4.78, 5) is 2.30. The Hall–Kier alpha value is -0.740. The summed E-state index contributed by atoms with van der Waals surface area (Å²) in [5, 5.41) is 0. The molecule has 2 rings (SSSR count). The second kappa shape index (κ2) is 5.93. The zero-order valence-electron chi connectivity index (χ0n) is 11.0. The summed E-state index contributed by atoms with van der Waals surface area (Å²) in [6, 6.07) is 6.60. The number of methoxy groups -OCH3 is 1. The van der Waals surface area contributed by atoms with E-state index in [-0.39, 0.29) is 0 Å². The lowest BCUT2D eigenvalue weighted by molar-refractivity contribution is 0.0637. The van der Waals surface area contributed by atoms with E-state index in [0.717, 1.165) is 22.3 Å². The van der Waals surface area contributed by atoms with E-state index in [1.54, 1.807) is 7.11 Å². The van der Waals surface area contributed by atoms with Crippen molar-refractivity contribution in [1.29, 1.82) is 0 Å². The first-order valence-electron chi connectivity index (χ1n) is 6.42. The van der Waals surface area contributed by atoms with E-state index >= 15 is 0 Å². The normalized spacial score (nSPS) is 23.9. The molecular weight excluding hydrogens is 292 g/mol. The van der Waals surface area contributed by atoms with Gasteiger partial charge in [-0.1, -0.05) is 15.9 Å². The molecule has 0 saturated heterocycles. The molecule has 0 aliphatic heterocycles. The molecule has 1 aliphatic rings. The van der Waals surface area contributed by atoms with Gasteiger partial charge in [0.2, 0.25) is 0 Å². The Labute approximate surface area is 117 Å². The highest BCUT2D eigenvalue weighted by Crippen LogP contribution is 2.32. The molecule has 1 fully saturated rings. The average molecular weight is 313 g/mol. The molecule has 0 amide bonds. The molecule has 0 heterocycles. The average Bonchev–Trinajstić information content (AvgIpc) is 2.38. The van der Waals surface area contributed by atoms with Crippen molar-refractivity contribution >= 4 is 27.3 Å². The van der Waals surface area contributed by atoms with E-state index < -0.39 is 0 Å². The fraction of sp³-hybridized carbons (Fsp3) is 0.571. The molecule has 0 radical (unpaired) electrons. The third-order valence-electron chi connectivity index (χ3n) is 3.85. The molecule has 1 aromatic rings. The maximum absolute atomic E-state index is 6.09. The van der Waals surface area contributed by atoms with Crippen molar-refractivity contribution in [3.05, 3.63) is 22.7 Å². The first kappa shape index (κ1) is 13.7. The lowest BCUT2D eigenvalue weighted by Gasteiger charge is -2.36. The van der Waals surface area contributed by atoms with Crippen LogP contribution in [0.5, 0.6) is 0 Å². The van der Waals surface area contributed by atoms with Crippen LogP contribution in [0.25, 0.3) is 0 Å². The second-order valence-electron chi connectivity index (χ2n) is 4.99. The predicted molar refractivity (Wildman–Crippen MR) is 80.0 cm³/mol. The Kier molecular flexibility index (Phi) is 4.51. The van der Waals surface area contributed by atoms with Crippen LogP contribution in [0.15, 0.2) is 22.7 Å². The molecule has 1 aliphatic carbocycles. The molecule has 0 bridgehead atoms. The van der Waals surface area contributed by atoms with Crippen molar-refractivity contribution < 1.29 is 4.74 Å². The van der Waals surface area contributed by atoms with Gasteiger partial charge >= 0.3 is 0 Å². The van der Waals surface area contributed by atoms with Crippen molar-refractivity contribution in [3.63, 3.8) is 0 Å². The highest BCUT2D eigenvalue weighted by Gasteiger charge is 2.25. The van der Waals surface area contributed by atoms with Gasteiger partial charge in [0.25, 0.3) is 0 Å². The quantitative estimate of drug-likeness (QED) is 0.869. The lowest BCUT2D eigenvalue weighted by atomic mass is 9.91. The molecule has 18 heavy (non-hydrogen) atoms. The van der Waals surface area contributed by atoms with E-state index in [2.05, 4.69) is 33.9 Å². The smallest absolute Gasteiger partial charge is 0.0600 e. The van der Waals surface area contributed by atoms with E-state index in [1.165, 1.54) is 19.3 Å². The summed E-state index contributed by atoms with van der Waals surface area (Å²) in [6.45, 7) is 0. The van der Waals surface area contributed by atoms with Crippen LogP contribution in [0.2, 0.25) is 0 Å². The molecule has 2 N–H and O–H groups in total. The number of hydrogen-bond donors (Lipinski definition) is 1. The van der Waals surface area contributed by atoms with Crippen LogP contribution in [0.3, 0.4) is 0 Å². The third-order valence-corrected chi connectivity index (χ3v) is 4.34. The van der Waals surface area contributed by atoms with E-state index in [9.17, 15) is 0 Å². The number of nitrogens with zero attached hydrogens (tertiary/aromatic N) is 1. The van der Waals surface area contributed by atoms with Crippen LogP contribution in [0.4, 0.5) is 11.4 Å². The predicted octanol–water partition coefficient (Wildman–Crippen LogP) is 3.43. The summed E-state index contributed by atoms with van der Waals surface area (Å²) in [5.74, 6) is 0. The Morgan fingerprint density at radius 1 is 1.39 bits per heavy atom. The van der Waals surface area contributed by atoms with Gasteiger partial charge in [0.05, 0.1) is 17.5 Å². The Morgan fingerprint density at radius 2 is 2.17 bits per heavy atom. The van der Waals surface area contributed by atoms with E-state index in [4.69, 9.17) is 10.5 Å². The monoisotopic (exact) mass is 312 g/mol. The van der Waals surface area contributed by atoms with Gasteiger partial charge in [0, 0.05) is 24.7 Å². The lowest BCUT2D eigenvalue weighted by Crippen LogP contribution is -2.38. The van der Waals surface area contributed by atoms with Gasteiger partial charge in [-0.15, -0.1) is 0 Å². The maximum atomic E-state index is 6.09. The van der Waals surface area contributed by atoms with E-state index in [1.807, 2.05) is 12.1 Å². The number of hydrogen-bond acceptors (Lipinski definition) is 3. The third kappa shape index (κ3) is 2.98. The molecule has 3 nitrogen and oxygen atoms in total. The molecule has 1 saturated carbocycles. The first-order valence-corrected chi connectivity index (χ1v) is 7.21. The fourth-order valence-corrected chi connectivity index (χ4v) is 3.11. The number of rotatable bonds is 3. The SMILES string of the molecule is COC1CCCC(N(C)c2ccc(Br)cc2N)C1. The largest absolute Gasteiger partial charge is 0.397 e. The van der Waals surface area contributed by atoms with Crippen LogP contribution < -0.4 is 10.6 Å². The minimum atomic E-state index is 0.392. The molecule has 1 aromatic carbocycles. The number of anilines is 2. The summed E-state index contributed by atoms with van der Waals surface area (Å²) < 4.78 is 6.52. The van der Waals surface area contributed by atoms with Crippen molar-refractivity contribution in [3.8, 4) is 0 Å². The van der Waals surface area contributed by atoms with Gasteiger partial charge in [-0.25, -0.2) is 0 Å². The molecule has 100 valence electrons. The number of ether oxygens (including phenoxy) is 1. The minimum absolute atomic E-state index is 0.392. The molecule has 4 heteroatoms. The number of nitrogen functional groups attached to an aromatic ring is 1. The van der Waals surface area contributed by atoms with Crippen LogP contribution in [-0.2, 0) is 4.74 Å².